The molecule has 2 aromatic rings. The standard InChI is InChI=1S/C33H43N3O3/c1-21(37)27-10-11-28-26-9-8-23-19-25(12-15-32(23,2)29(26)13-16-33(27,28)3)36-39-20-31(38)34-17-14-24-18-22-6-4-5-7-30(22)35-24/h4-7,18-19,26-29,35H,8-17,20H2,1-3H3,(H,34,38)/t26-,27-,28+,29+,32-,33+/m0/s1. The number of carbonyl (C=O) groups excluding carboxylic acids is 2. The number of para-hydroxylation sites is 1. The molecule has 1 amide bonds. The zero-order valence-corrected chi connectivity index (χ0v) is 23.7. The van der Waals surface area contributed by atoms with E-state index in [-0.39, 0.29) is 29.3 Å². The van der Waals surface area contributed by atoms with Gasteiger partial charge in [-0.25, -0.2) is 0 Å². The van der Waals surface area contributed by atoms with Crippen LogP contribution in [0.1, 0.15) is 77.8 Å². The van der Waals surface area contributed by atoms with Gasteiger partial charge in [0.15, 0.2) is 6.61 Å². The SMILES string of the molecule is CC(=O)[C@@H]1CC[C@@H]2[C@@H]3CCC4=CC(=NOCC(=O)NCCc5cc6ccccc6[nH]5)CC[C@]4(C)[C@@H]3CC[C@@]21C. The number of hydrogen-bond donors (Lipinski definition) is 2. The van der Waals surface area contributed by atoms with E-state index >= 15 is 0 Å². The average molecular weight is 530 g/mol. The molecule has 0 spiro atoms. The van der Waals surface area contributed by atoms with Crippen LogP contribution in [-0.2, 0) is 20.8 Å². The molecule has 6 rings (SSSR count). The van der Waals surface area contributed by atoms with Crippen molar-refractivity contribution in [1.82, 2.24) is 10.3 Å². The number of H-pyrrole nitrogens is 1. The summed E-state index contributed by atoms with van der Waals surface area (Å²) in [5.74, 6) is 2.65. The Morgan fingerprint density at radius 2 is 1.92 bits per heavy atom. The van der Waals surface area contributed by atoms with Crippen LogP contribution in [0.2, 0.25) is 0 Å². The summed E-state index contributed by atoms with van der Waals surface area (Å²) in [6.45, 7) is 7.21. The van der Waals surface area contributed by atoms with Crippen molar-refractivity contribution >= 4 is 28.3 Å². The van der Waals surface area contributed by atoms with Gasteiger partial charge in [0.25, 0.3) is 5.91 Å². The summed E-state index contributed by atoms with van der Waals surface area (Å²) in [4.78, 5) is 33.6. The minimum Gasteiger partial charge on any atom is -0.385 e. The van der Waals surface area contributed by atoms with Crippen molar-refractivity contribution in [2.45, 2.75) is 78.6 Å². The number of aromatic nitrogens is 1. The number of nitrogens with zero attached hydrogens (tertiary/aromatic N) is 1. The molecule has 3 fully saturated rings. The van der Waals surface area contributed by atoms with Gasteiger partial charge in [-0.05, 0) is 110 Å². The number of nitrogens with one attached hydrogen (secondary N) is 2. The number of hydrogen-bond acceptors (Lipinski definition) is 4. The highest BCUT2D eigenvalue weighted by Crippen LogP contribution is 2.66. The minimum atomic E-state index is -0.144. The quantitative estimate of drug-likeness (QED) is 0.409. The van der Waals surface area contributed by atoms with Gasteiger partial charge in [-0.3, -0.25) is 9.59 Å². The number of aromatic amines is 1. The number of carbonyl (C=O) groups is 2. The van der Waals surface area contributed by atoms with Gasteiger partial charge in [0.05, 0.1) is 5.71 Å². The number of allylic oxidation sites excluding steroid dienone is 2. The predicted molar refractivity (Wildman–Crippen MR) is 154 cm³/mol. The van der Waals surface area contributed by atoms with Crippen LogP contribution in [0, 0.1) is 34.5 Å². The Hall–Kier alpha value is -2.89. The summed E-state index contributed by atoms with van der Waals surface area (Å²) < 4.78 is 0. The highest BCUT2D eigenvalue weighted by atomic mass is 16.6. The first-order valence-electron chi connectivity index (χ1n) is 15.0. The van der Waals surface area contributed by atoms with Crippen LogP contribution in [-0.4, -0.2) is 35.5 Å². The summed E-state index contributed by atoms with van der Waals surface area (Å²) in [6.07, 6.45) is 12.1. The Kier molecular flexibility index (Phi) is 6.93. The molecule has 208 valence electrons. The maximum atomic E-state index is 12.4. The fourth-order valence-electron chi connectivity index (χ4n) is 9.14. The Labute approximate surface area is 232 Å². The van der Waals surface area contributed by atoms with Gasteiger partial charge in [0.2, 0.25) is 0 Å². The molecule has 6 nitrogen and oxygen atoms in total. The van der Waals surface area contributed by atoms with Crippen molar-refractivity contribution in [3.8, 4) is 0 Å². The smallest absolute Gasteiger partial charge is 0.260 e. The van der Waals surface area contributed by atoms with Crippen molar-refractivity contribution in [3.63, 3.8) is 0 Å². The number of rotatable bonds is 7. The van der Waals surface area contributed by atoms with Crippen molar-refractivity contribution in [1.29, 1.82) is 0 Å². The predicted octanol–water partition coefficient (Wildman–Crippen LogP) is 6.37. The molecule has 1 heterocycles. The number of Topliss-reactive ketones (excluding diaryl/α,β-unsaturated/α-hetero) is 1. The van der Waals surface area contributed by atoms with Crippen molar-refractivity contribution in [2.75, 3.05) is 13.2 Å². The Morgan fingerprint density at radius 3 is 2.74 bits per heavy atom. The van der Waals surface area contributed by atoms with Crippen LogP contribution >= 0.6 is 0 Å². The van der Waals surface area contributed by atoms with Crippen molar-refractivity contribution < 1.29 is 14.4 Å². The molecule has 0 radical (unpaired) electrons. The summed E-state index contributed by atoms with van der Waals surface area (Å²) in [5.41, 5.74) is 5.13. The molecule has 39 heavy (non-hydrogen) atoms. The fourth-order valence-corrected chi connectivity index (χ4v) is 9.14. The molecule has 0 unspecified atom stereocenters. The number of fused-ring (bicyclic) bond motifs is 6. The number of amides is 1. The van der Waals surface area contributed by atoms with Crippen molar-refractivity contribution in [3.05, 3.63) is 47.7 Å². The summed E-state index contributed by atoms with van der Waals surface area (Å²) >= 11 is 0. The fraction of sp³-hybridized carbons (Fsp3) is 0.606. The zero-order chi connectivity index (χ0) is 27.2. The highest BCUT2D eigenvalue weighted by molar-refractivity contribution is 5.96. The van der Waals surface area contributed by atoms with Gasteiger partial charge >= 0.3 is 0 Å². The molecular weight excluding hydrogens is 486 g/mol. The van der Waals surface area contributed by atoms with E-state index in [9.17, 15) is 9.59 Å². The maximum Gasteiger partial charge on any atom is 0.260 e. The van der Waals surface area contributed by atoms with Gasteiger partial charge in [-0.1, -0.05) is 42.8 Å². The van der Waals surface area contributed by atoms with Gasteiger partial charge in [0.1, 0.15) is 5.78 Å². The number of oxime groups is 1. The van der Waals surface area contributed by atoms with E-state index in [0.29, 0.717) is 24.2 Å². The molecule has 0 saturated heterocycles. The van der Waals surface area contributed by atoms with E-state index in [1.807, 2.05) is 19.1 Å². The van der Waals surface area contributed by atoms with E-state index in [1.165, 1.54) is 36.6 Å². The minimum absolute atomic E-state index is 0.0566. The van der Waals surface area contributed by atoms with Gasteiger partial charge in [0, 0.05) is 30.1 Å². The molecule has 6 heteroatoms. The Morgan fingerprint density at radius 1 is 1.08 bits per heavy atom. The normalized spacial score (nSPS) is 34.6. The molecular formula is C33H43N3O3. The molecule has 0 bridgehead atoms. The van der Waals surface area contributed by atoms with Gasteiger partial charge in [-0.15, -0.1) is 0 Å². The van der Waals surface area contributed by atoms with Gasteiger partial charge < -0.3 is 15.1 Å². The Bertz CT molecular complexity index is 1290. The zero-order valence-electron chi connectivity index (χ0n) is 23.7. The van der Waals surface area contributed by atoms with Crippen LogP contribution in [0.15, 0.2) is 47.1 Å². The monoisotopic (exact) mass is 529 g/mol. The van der Waals surface area contributed by atoms with E-state index in [1.54, 1.807) is 0 Å². The van der Waals surface area contributed by atoms with Crippen LogP contribution in [0.4, 0.5) is 0 Å². The highest BCUT2D eigenvalue weighted by Gasteiger charge is 2.59. The van der Waals surface area contributed by atoms with E-state index in [2.05, 4.69) is 53.6 Å². The molecule has 4 aliphatic rings. The van der Waals surface area contributed by atoms with E-state index in [4.69, 9.17) is 4.84 Å². The average Bonchev–Trinajstić information content (AvgIpc) is 3.49. The number of ketones is 1. The molecule has 1 aromatic heterocycles. The largest absolute Gasteiger partial charge is 0.385 e. The molecule has 2 N–H and O–H groups in total. The topological polar surface area (TPSA) is 83.5 Å². The van der Waals surface area contributed by atoms with Crippen molar-refractivity contribution in [2.24, 2.45) is 39.7 Å². The van der Waals surface area contributed by atoms with Crippen LogP contribution < -0.4 is 5.32 Å². The third-order valence-electron chi connectivity index (χ3n) is 11.1. The maximum absolute atomic E-state index is 12.4. The molecule has 6 atom stereocenters. The van der Waals surface area contributed by atoms with E-state index in [0.717, 1.165) is 54.9 Å². The first-order chi connectivity index (χ1) is 18.8. The first kappa shape index (κ1) is 26.3. The lowest BCUT2D eigenvalue weighted by atomic mass is 9.46. The number of benzene rings is 1. The van der Waals surface area contributed by atoms with Gasteiger partial charge in [-0.2, -0.15) is 0 Å². The second-order valence-corrected chi connectivity index (χ2v) is 13.1. The lowest BCUT2D eigenvalue weighted by Crippen LogP contribution is -2.51. The second kappa shape index (κ2) is 10.3. The lowest BCUT2D eigenvalue weighted by Gasteiger charge is -2.58. The third-order valence-corrected chi connectivity index (χ3v) is 11.1. The molecule has 0 aliphatic heterocycles. The van der Waals surface area contributed by atoms with E-state index < -0.39 is 0 Å². The second-order valence-electron chi connectivity index (χ2n) is 13.1. The summed E-state index contributed by atoms with van der Waals surface area (Å²) in [5, 5.41) is 8.50. The third kappa shape index (κ3) is 4.74. The molecule has 1 aromatic carbocycles. The molecule has 4 aliphatic carbocycles. The summed E-state index contributed by atoms with van der Waals surface area (Å²) in [6, 6.07) is 10.3. The van der Waals surface area contributed by atoms with Crippen LogP contribution in [0.3, 0.4) is 0 Å². The molecule has 3 saturated carbocycles. The van der Waals surface area contributed by atoms with Crippen LogP contribution in [0.25, 0.3) is 10.9 Å². The first-order valence-corrected chi connectivity index (χ1v) is 15.0. The van der Waals surface area contributed by atoms with Crippen LogP contribution in [0.5, 0.6) is 0 Å². The lowest BCUT2D eigenvalue weighted by molar-refractivity contribution is -0.128. The Balaban J connectivity index is 1.02. The summed E-state index contributed by atoms with van der Waals surface area (Å²) in [7, 11) is 0.